The molecule has 2 amide bonds. The molecule has 108 valence electrons. The third-order valence-electron chi connectivity index (χ3n) is 3.29. The number of rotatable bonds is 3. The molecule has 20 heavy (non-hydrogen) atoms. The lowest BCUT2D eigenvalue weighted by atomic mass is 10.1. The van der Waals surface area contributed by atoms with Gasteiger partial charge in [-0.3, -0.25) is 0 Å². The van der Waals surface area contributed by atoms with Gasteiger partial charge in [0.15, 0.2) is 0 Å². The van der Waals surface area contributed by atoms with E-state index in [1.807, 2.05) is 0 Å². The van der Waals surface area contributed by atoms with E-state index in [4.69, 9.17) is 21.8 Å². The van der Waals surface area contributed by atoms with E-state index in [0.29, 0.717) is 13.1 Å². The van der Waals surface area contributed by atoms with E-state index < -0.39 is 5.97 Å². The van der Waals surface area contributed by atoms with Crippen molar-refractivity contribution in [3.63, 3.8) is 0 Å². The zero-order valence-electron chi connectivity index (χ0n) is 10.7. The molecule has 1 atom stereocenters. The van der Waals surface area contributed by atoms with E-state index in [1.165, 1.54) is 18.2 Å². The van der Waals surface area contributed by atoms with Gasteiger partial charge in [-0.25, -0.2) is 9.59 Å². The van der Waals surface area contributed by atoms with Crippen LogP contribution in [0.2, 0.25) is 5.02 Å². The number of anilines is 1. The van der Waals surface area contributed by atoms with Crippen molar-refractivity contribution in [1.29, 1.82) is 0 Å². The molecule has 1 aliphatic rings. The maximum atomic E-state index is 12.0. The third-order valence-corrected chi connectivity index (χ3v) is 3.62. The molecule has 0 radical (unpaired) electrons. The van der Waals surface area contributed by atoms with E-state index in [9.17, 15) is 9.59 Å². The van der Waals surface area contributed by atoms with Crippen LogP contribution in [-0.4, -0.2) is 46.8 Å². The Hall–Kier alpha value is -1.79. The van der Waals surface area contributed by atoms with Crippen LogP contribution in [-0.2, 0) is 0 Å². The number of aliphatic hydroxyl groups is 1. The van der Waals surface area contributed by atoms with E-state index in [2.05, 4.69) is 5.32 Å². The minimum absolute atomic E-state index is 0.0546. The van der Waals surface area contributed by atoms with Gasteiger partial charge in [-0.15, -0.1) is 0 Å². The summed E-state index contributed by atoms with van der Waals surface area (Å²) in [6, 6.07) is 3.78. The Bertz CT molecular complexity index is 535. The molecule has 1 aromatic rings. The molecule has 0 saturated carbocycles. The zero-order valence-corrected chi connectivity index (χ0v) is 11.4. The van der Waals surface area contributed by atoms with Crippen molar-refractivity contribution in [2.75, 3.05) is 25.0 Å². The van der Waals surface area contributed by atoms with Crippen molar-refractivity contribution in [3.8, 4) is 0 Å². The van der Waals surface area contributed by atoms with Gasteiger partial charge in [0, 0.05) is 25.6 Å². The summed E-state index contributed by atoms with van der Waals surface area (Å²) in [4.78, 5) is 24.5. The normalized spacial score (nSPS) is 18.1. The van der Waals surface area contributed by atoms with Crippen molar-refractivity contribution >= 4 is 29.3 Å². The van der Waals surface area contributed by atoms with Gasteiger partial charge in [0.2, 0.25) is 0 Å². The second-order valence-corrected chi connectivity index (χ2v) is 5.12. The number of nitrogens with zero attached hydrogens (tertiary/aromatic N) is 1. The fourth-order valence-corrected chi connectivity index (χ4v) is 2.28. The van der Waals surface area contributed by atoms with Crippen LogP contribution in [0.3, 0.4) is 0 Å². The first-order valence-electron chi connectivity index (χ1n) is 6.21. The fraction of sp³-hybridized carbons (Fsp3) is 0.385. The van der Waals surface area contributed by atoms with Crippen LogP contribution in [0, 0.1) is 5.92 Å². The molecular formula is C13H15ClN2O4. The minimum atomic E-state index is -1.08. The van der Waals surface area contributed by atoms with Gasteiger partial charge in [-0.1, -0.05) is 11.6 Å². The summed E-state index contributed by atoms with van der Waals surface area (Å²) in [5.74, 6) is -0.986. The number of hydrogen-bond donors (Lipinski definition) is 3. The molecule has 1 fully saturated rings. The lowest BCUT2D eigenvalue weighted by Crippen LogP contribution is -2.33. The van der Waals surface area contributed by atoms with Gasteiger partial charge < -0.3 is 20.4 Å². The Balaban J connectivity index is 2.08. The predicted octanol–water partition coefficient (Wildman–Crippen LogP) is 1.88. The molecule has 0 aliphatic carbocycles. The van der Waals surface area contributed by atoms with Crippen molar-refractivity contribution in [2.45, 2.75) is 6.42 Å². The monoisotopic (exact) mass is 298 g/mol. The van der Waals surface area contributed by atoms with Gasteiger partial charge in [0.05, 0.1) is 16.3 Å². The highest BCUT2D eigenvalue weighted by Gasteiger charge is 2.26. The molecule has 2 rings (SSSR count). The Morgan fingerprint density at radius 2 is 2.20 bits per heavy atom. The van der Waals surface area contributed by atoms with E-state index >= 15 is 0 Å². The molecular weight excluding hydrogens is 284 g/mol. The largest absolute Gasteiger partial charge is 0.478 e. The Kier molecular flexibility index (Phi) is 4.46. The van der Waals surface area contributed by atoms with Crippen LogP contribution in [0.1, 0.15) is 16.8 Å². The standard InChI is InChI=1S/C13H15ClN2O4/c14-10-2-1-9(12(18)19)5-11(10)15-13(20)16-4-3-8(6-16)7-17/h1-2,5,8,17H,3-4,6-7H2,(H,15,20)(H,18,19). The molecule has 6 nitrogen and oxygen atoms in total. The summed E-state index contributed by atoms with van der Waals surface area (Å²) >= 11 is 5.94. The number of carbonyl (C=O) groups excluding carboxylic acids is 1. The molecule has 0 aromatic heterocycles. The van der Waals surface area contributed by atoms with E-state index in [-0.39, 0.29) is 34.8 Å². The molecule has 7 heteroatoms. The summed E-state index contributed by atoms with van der Waals surface area (Å²) in [6.07, 6.45) is 0.757. The van der Waals surface area contributed by atoms with Crippen LogP contribution >= 0.6 is 11.6 Å². The quantitative estimate of drug-likeness (QED) is 0.795. The number of halogens is 1. The second kappa shape index (κ2) is 6.11. The number of likely N-dealkylation sites (tertiary alicyclic amines) is 1. The van der Waals surface area contributed by atoms with Crippen molar-refractivity contribution < 1.29 is 19.8 Å². The first-order chi connectivity index (χ1) is 9.51. The summed E-state index contributed by atoms with van der Waals surface area (Å²) in [7, 11) is 0. The number of benzene rings is 1. The summed E-state index contributed by atoms with van der Waals surface area (Å²) in [6.45, 7) is 1.10. The molecule has 1 saturated heterocycles. The minimum Gasteiger partial charge on any atom is -0.478 e. The molecule has 1 aliphatic heterocycles. The van der Waals surface area contributed by atoms with Crippen LogP contribution in [0.15, 0.2) is 18.2 Å². The highest BCUT2D eigenvalue weighted by atomic mass is 35.5. The smallest absolute Gasteiger partial charge is 0.335 e. The summed E-state index contributed by atoms with van der Waals surface area (Å²) < 4.78 is 0. The van der Waals surface area contributed by atoms with Gasteiger partial charge in [-0.05, 0) is 24.6 Å². The highest BCUT2D eigenvalue weighted by Crippen LogP contribution is 2.24. The maximum absolute atomic E-state index is 12.0. The molecule has 0 bridgehead atoms. The zero-order chi connectivity index (χ0) is 14.7. The van der Waals surface area contributed by atoms with Gasteiger partial charge >= 0.3 is 12.0 Å². The van der Waals surface area contributed by atoms with E-state index in [0.717, 1.165) is 6.42 Å². The molecule has 0 spiro atoms. The fourth-order valence-electron chi connectivity index (χ4n) is 2.11. The number of carboxylic acids is 1. The average Bonchev–Trinajstić information content (AvgIpc) is 2.89. The first-order valence-corrected chi connectivity index (χ1v) is 6.58. The lowest BCUT2D eigenvalue weighted by Gasteiger charge is -2.17. The maximum Gasteiger partial charge on any atom is 0.335 e. The number of amides is 2. The Morgan fingerprint density at radius 1 is 1.45 bits per heavy atom. The lowest BCUT2D eigenvalue weighted by molar-refractivity contribution is 0.0697. The molecule has 1 unspecified atom stereocenters. The molecule has 1 aromatic carbocycles. The van der Waals surface area contributed by atoms with Gasteiger partial charge in [0.25, 0.3) is 0 Å². The average molecular weight is 299 g/mol. The van der Waals surface area contributed by atoms with Crippen molar-refractivity contribution in [3.05, 3.63) is 28.8 Å². The van der Waals surface area contributed by atoms with Gasteiger partial charge in [0.1, 0.15) is 0 Å². The summed E-state index contributed by atoms with van der Waals surface area (Å²) in [5.41, 5.74) is 0.323. The molecule has 1 heterocycles. The SMILES string of the molecule is O=C(O)c1ccc(Cl)c(NC(=O)N2CCC(CO)C2)c1. The van der Waals surface area contributed by atoms with Crippen LogP contribution < -0.4 is 5.32 Å². The van der Waals surface area contributed by atoms with Gasteiger partial charge in [-0.2, -0.15) is 0 Å². The first kappa shape index (κ1) is 14.6. The number of aliphatic hydroxyl groups excluding tert-OH is 1. The Labute approximate surface area is 121 Å². The number of hydrogen-bond acceptors (Lipinski definition) is 3. The summed E-state index contributed by atoms with van der Waals surface area (Å²) in [5, 5.41) is 20.9. The van der Waals surface area contributed by atoms with Crippen molar-refractivity contribution in [2.24, 2.45) is 5.92 Å². The number of urea groups is 1. The van der Waals surface area contributed by atoms with Crippen LogP contribution in [0.5, 0.6) is 0 Å². The Morgan fingerprint density at radius 3 is 2.80 bits per heavy atom. The topological polar surface area (TPSA) is 89.9 Å². The number of nitrogens with one attached hydrogen (secondary N) is 1. The number of aromatic carboxylic acids is 1. The van der Waals surface area contributed by atoms with Crippen LogP contribution in [0.25, 0.3) is 0 Å². The number of carbonyl (C=O) groups is 2. The van der Waals surface area contributed by atoms with E-state index in [1.54, 1.807) is 4.90 Å². The third kappa shape index (κ3) is 3.20. The second-order valence-electron chi connectivity index (χ2n) is 4.71. The van der Waals surface area contributed by atoms with Crippen molar-refractivity contribution in [1.82, 2.24) is 4.90 Å². The molecule has 3 N–H and O–H groups in total. The highest BCUT2D eigenvalue weighted by molar-refractivity contribution is 6.33. The van der Waals surface area contributed by atoms with Crippen LogP contribution in [0.4, 0.5) is 10.5 Å². The number of carboxylic acid groups (broad SMARTS) is 1. The predicted molar refractivity (Wildman–Crippen MR) is 74.2 cm³/mol.